The normalized spacial score (nSPS) is 29.2. The van der Waals surface area contributed by atoms with E-state index in [9.17, 15) is 5.11 Å². The lowest BCUT2D eigenvalue weighted by atomic mass is 9.82. The van der Waals surface area contributed by atoms with Crippen molar-refractivity contribution >= 4 is 11.8 Å². The molecule has 94 valence electrons. The van der Waals surface area contributed by atoms with Crippen molar-refractivity contribution in [1.82, 2.24) is 5.32 Å². The van der Waals surface area contributed by atoms with Gasteiger partial charge in [-0.05, 0) is 38.4 Å². The van der Waals surface area contributed by atoms with Gasteiger partial charge in [-0.3, -0.25) is 0 Å². The molecule has 0 saturated heterocycles. The molecule has 0 aromatic heterocycles. The molecule has 1 saturated carbocycles. The quantitative estimate of drug-likeness (QED) is 0.863. The van der Waals surface area contributed by atoms with E-state index in [0.29, 0.717) is 5.25 Å². The van der Waals surface area contributed by atoms with Gasteiger partial charge in [0.2, 0.25) is 0 Å². The van der Waals surface area contributed by atoms with Crippen LogP contribution in [0.1, 0.15) is 25.7 Å². The van der Waals surface area contributed by atoms with E-state index in [0.717, 1.165) is 12.8 Å². The Hall–Kier alpha value is -0.510. The maximum absolute atomic E-state index is 9.55. The second-order valence-electron chi connectivity index (χ2n) is 4.84. The minimum absolute atomic E-state index is 0.0509. The Morgan fingerprint density at radius 1 is 1.41 bits per heavy atom. The van der Waals surface area contributed by atoms with Gasteiger partial charge in [-0.1, -0.05) is 24.6 Å². The van der Waals surface area contributed by atoms with E-state index in [1.807, 2.05) is 18.8 Å². The molecule has 1 aliphatic rings. The highest BCUT2D eigenvalue weighted by molar-refractivity contribution is 8.00. The van der Waals surface area contributed by atoms with Crippen LogP contribution in [0, 0.1) is 0 Å². The highest BCUT2D eigenvalue weighted by Crippen LogP contribution is 2.37. The lowest BCUT2D eigenvalue weighted by Crippen LogP contribution is -2.50. The summed E-state index contributed by atoms with van der Waals surface area (Å²) < 4.78 is 0. The fourth-order valence-corrected chi connectivity index (χ4v) is 3.94. The molecule has 0 aliphatic heterocycles. The van der Waals surface area contributed by atoms with Crippen molar-refractivity contribution in [3.05, 3.63) is 30.3 Å². The van der Waals surface area contributed by atoms with Gasteiger partial charge < -0.3 is 10.4 Å². The van der Waals surface area contributed by atoms with Crippen LogP contribution in [0.4, 0.5) is 0 Å². The lowest BCUT2D eigenvalue weighted by Gasteiger charge is -2.39. The van der Waals surface area contributed by atoms with Crippen molar-refractivity contribution in [2.75, 3.05) is 13.7 Å². The Morgan fingerprint density at radius 2 is 2.18 bits per heavy atom. The van der Waals surface area contributed by atoms with Gasteiger partial charge in [0.1, 0.15) is 0 Å². The molecule has 1 aliphatic carbocycles. The Balaban J connectivity index is 1.98. The van der Waals surface area contributed by atoms with Crippen molar-refractivity contribution < 1.29 is 5.11 Å². The summed E-state index contributed by atoms with van der Waals surface area (Å²) in [5, 5.41) is 13.5. The Labute approximate surface area is 108 Å². The van der Waals surface area contributed by atoms with Crippen LogP contribution in [-0.2, 0) is 0 Å². The third-order valence-corrected chi connectivity index (χ3v) is 4.96. The summed E-state index contributed by atoms with van der Waals surface area (Å²) in [5.74, 6) is 0. The third kappa shape index (κ3) is 3.24. The molecule has 1 fully saturated rings. The second-order valence-corrected chi connectivity index (χ2v) is 6.21. The Morgan fingerprint density at radius 3 is 2.82 bits per heavy atom. The number of likely N-dealkylation sites (N-methyl/N-ethyl adjacent to an activating group) is 1. The molecule has 1 aromatic carbocycles. The van der Waals surface area contributed by atoms with Gasteiger partial charge in [0.25, 0.3) is 0 Å². The van der Waals surface area contributed by atoms with Crippen molar-refractivity contribution in [1.29, 1.82) is 0 Å². The van der Waals surface area contributed by atoms with Crippen molar-refractivity contribution in [3.63, 3.8) is 0 Å². The molecular formula is C14H21NOS. The molecular weight excluding hydrogens is 230 g/mol. The zero-order chi connectivity index (χ0) is 12.1. The average molecular weight is 251 g/mol. The second kappa shape index (κ2) is 5.89. The molecule has 17 heavy (non-hydrogen) atoms. The first-order valence-electron chi connectivity index (χ1n) is 6.29. The van der Waals surface area contributed by atoms with Crippen molar-refractivity contribution in [3.8, 4) is 0 Å². The molecule has 0 radical (unpaired) electrons. The molecule has 2 rings (SSSR count). The number of rotatable bonds is 4. The van der Waals surface area contributed by atoms with Crippen LogP contribution in [0.3, 0.4) is 0 Å². The number of nitrogens with one attached hydrogen (secondary N) is 1. The molecule has 0 heterocycles. The highest BCUT2D eigenvalue weighted by atomic mass is 32.2. The first-order chi connectivity index (χ1) is 8.28. The van der Waals surface area contributed by atoms with Crippen LogP contribution in [0.5, 0.6) is 0 Å². The van der Waals surface area contributed by atoms with Crippen LogP contribution in [0.25, 0.3) is 0 Å². The lowest BCUT2D eigenvalue weighted by molar-refractivity contribution is 0.131. The van der Waals surface area contributed by atoms with E-state index in [-0.39, 0.29) is 12.1 Å². The minimum Gasteiger partial charge on any atom is -0.394 e. The van der Waals surface area contributed by atoms with Crippen LogP contribution >= 0.6 is 11.8 Å². The van der Waals surface area contributed by atoms with E-state index < -0.39 is 0 Å². The molecule has 2 nitrogen and oxygen atoms in total. The van der Waals surface area contributed by atoms with Crippen LogP contribution in [0.2, 0.25) is 0 Å². The van der Waals surface area contributed by atoms with Crippen LogP contribution in [0.15, 0.2) is 35.2 Å². The molecule has 0 amide bonds. The fourth-order valence-electron chi connectivity index (χ4n) is 2.55. The summed E-state index contributed by atoms with van der Waals surface area (Å²) in [4.78, 5) is 1.34. The van der Waals surface area contributed by atoms with E-state index in [1.165, 1.54) is 17.7 Å². The molecule has 0 bridgehead atoms. The summed E-state index contributed by atoms with van der Waals surface area (Å²) in [7, 11) is 1.96. The van der Waals surface area contributed by atoms with E-state index >= 15 is 0 Å². The van der Waals surface area contributed by atoms with Crippen LogP contribution < -0.4 is 5.32 Å². The molecule has 2 N–H and O–H groups in total. The minimum atomic E-state index is -0.0509. The van der Waals surface area contributed by atoms with Gasteiger partial charge >= 0.3 is 0 Å². The van der Waals surface area contributed by atoms with Crippen molar-refractivity contribution in [2.45, 2.75) is 41.4 Å². The van der Waals surface area contributed by atoms with Gasteiger partial charge in [-0.15, -0.1) is 11.8 Å². The average Bonchev–Trinajstić information content (AvgIpc) is 2.40. The largest absolute Gasteiger partial charge is 0.394 e. The van der Waals surface area contributed by atoms with E-state index in [4.69, 9.17) is 0 Å². The number of hydrogen-bond donors (Lipinski definition) is 2. The number of aliphatic hydroxyl groups excluding tert-OH is 1. The monoisotopic (exact) mass is 251 g/mol. The van der Waals surface area contributed by atoms with E-state index in [1.54, 1.807) is 0 Å². The Bertz CT molecular complexity index is 337. The topological polar surface area (TPSA) is 32.3 Å². The summed E-state index contributed by atoms with van der Waals surface area (Å²) in [6.45, 7) is 0.245. The van der Waals surface area contributed by atoms with Gasteiger partial charge in [-0.2, -0.15) is 0 Å². The van der Waals surface area contributed by atoms with Gasteiger partial charge in [0, 0.05) is 15.7 Å². The van der Waals surface area contributed by atoms with Gasteiger partial charge in [-0.25, -0.2) is 0 Å². The zero-order valence-electron chi connectivity index (χ0n) is 10.4. The zero-order valence-corrected chi connectivity index (χ0v) is 11.2. The molecule has 1 aromatic rings. The molecule has 0 spiro atoms. The highest BCUT2D eigenvalue weighted by Gasteiger charge is 2.34. The maximum atomic E-state index is 9.55. The van der Waals surface area contributed by atoms with Crippen LogP contribution in [-0.4, -0.2) is 29.5 Å². The standard InChI is InChI=1S/C14H21NOS/c1-15-14(11-16)9-5-8-13(10-14)17-12-6-3-2-4-7-12/h2-4,6-7,13,15-16H,5,8-11H2,1H3. The predicted octanol–water partition coefficient (Wildman–Crippen LogP) is 2.67. The SMILES string of the molecule is CNC1(CO)CCCC(Sc2ccccc2)C1. The first-order valence-corrected chi connectivity index (χ1v) is 7.17. The number of hydrogen-bond acceptors (Lipinski definition) is 3. The molecule has 3 heteroatoms. The maximum Gasteiger partial charge on any atom is 0.0613 e. The number of aliphatic hydroxyl groups is 1. The Kier molecular flexibility index (Phi) is 4.48. The first kappa shape index (κ1) is 12.9. The molecule has 2 atom stereocenters. The smallest absolute Gasteiger partial charge is 0.0613 e. The van der Waals surface area contributed by atoms with Gasteiger partial charge in [0.15, 0.2) is 0 Å². The predicted molar refractivity (Wildman–Crippen MR) is 73.4 cm³/mol. The number of benzene rings is 1. The third-order valence-electron chi connectivity index (χ3n) is 3.68. The summed E-state index contributed by atoms with van der Waals surface area (Å²) in [5.41, 5.74) is -0.0509. The fraction of sp³-hybridized carbons (Fsp3) is 0.571. The van der Waals surface area contributed by atoms with Gasteiger partial charge in [0.05, 0.1) is 6.61 Å². The summed E-state index contributed by atoms with van der Waals surface area (Å²) in [6, 6.07) is 10.6. The van der Waals surface area contributed by atoms with Crippen molar-refractivity contribution in [2.24, 2.45) is 0 Å². The summed E-state index contributed by atoms with van der Waals surface area (Å²) >= 11 is 1.95. The number of thioether (sulfide) groups is 1. The van der Waals surface area contributed by atoms with E-state index in [2.05, 4.69) is 35.6 Å². The molecule has 2 unspecified atom stereocenters. The summed E-state index contributed by atoms with van der Waals surface area (Å²) in [6.07, 6.45) is 4.60.